The van der Waals surface area contributed by atoms with Crippen LogP contribution in [0.4, 0.5) is 9.52 Å². The Morgan fingerprint density at radius 2 is 1.64 bits per heavy atom. The van der Waals surface area contributed by atoms with Gasteiger partial charge in [0.1, 0.15) is 5.82 Å². The number of anilines is 1. The predicted octanol–water partition coefficient (Wildman–Crippen LogP) is 4.46. The van der Waals surface area contributed by atoms with Crippen molar-refractivity contribution >= 4 is 42.6 Å². The number of likely N-dealkylation sites (N-methyl/N-ethyl adjacent to an activating group) is 1. The highest BCUT2D eigenvalue weighted by Crippen LogP contribution is 2.30. The quantitative estimate of drug-likeness (QED) is 0.322. The first-order valence-electron chi connectivity index (χ1n) is 11.3. The molecule has 0 unspecified atom stereocenters. The number of rotatable bonds is 9. The highest BCUT2D eigenvalue weighted by molar-refractivity contribution is 7.89. The maximum Gasteiger partial charge on any atom is 0.260 e. The molecule has 1 amide bonds. The topological polar surface area (TPSA) is 73.8 Å². The maximum absolute atomic E-state index is 13.7. The highest BCUT2D eigenvalue weighted by Gasteiger charge is 2.24. The van der Waals surface area contributed by atoms with Crippen LogP contribution in [0.1, 0.15) is 15.9 Å². The van der Waals surface area contributed by atoms with Crippen molar-refractivity contribution in [3.05, 3.63) is 89.7 Å². The molecule has 0 N–H and O–H groups in total. The van der Waals surface area contributed by atoms with E-state index >= 15 is 0 Å². The summed E-state index contributed by atoms with van der Waals surface area (Å²) >= 11 is 1.24. The third-order valence-corrected chi connectivity index (χ3v) is 8.50. The standard InChI is InChI=1S/C26H27FN4O3S2/c1-29(2)15-16-31(26-28-23-14-11-21(27)17-24(23)35-26)25(32)20-9-12-22(13-10-20)36(33,34)30(3)18-19-7-5-4-6-8-19/h4-14,17H,15-16,18H2,1-3H3. The molecule has 0 saturated heterocycles. The molecule has 4 aromatic rings. The second-order valence-corrected chi connectivity index (χ2v) is 11.7. The average Bonchev–Trinajstić information content (AvgIpc) is 3.27. The average molecular weight is 527 g/mol. The Labute approximate surface area is 214 Å². The number of carbonyl (C=O) groups excluding carboxylic acids is 1. The van der Waals surface area contributed by atoms with E-state index < -0.39 is 10.0 Å². The SMILES string of the molecule is CN(C)CCN(C(=O)c1ccc(S(=O)(=O)N(C)Cc2ccccc2)cc1)c1nc2ccc(F)cc2s1. The van der Waals surface area contributed by atoms with Crippen molar-refractivity contribution in [3.63, 3.8) is 0 Å². The molecule has 0 bridgehead atoms. The van der Waals surface area contributed by atoms with Crippen molar-refractivity contribution in [1.82, 2.24) is 14.2 Å². The summed E-state index contributed by atoms with van der Waals surface area (Å²) in [6.07, 6.45) is 0. The van der Waals surface area contributed by atoms with Gasteiger partial charge in [0.15, 0.2) is 5.13 Å². The number of aromatic nitrogens is 1. The first-order valence-corrected chi connectivity index (χ1v) is 13.5. The minimum Gasteiger partial charge on any atom is -0.308 e. The lowest BCUT2D eigenvalue weighted by Crippen LogP contribution is -2.36. The number of nitrogens with zero attached hydrogens (tertiary/aromatic N) is 4. The molecule has 0 atom stereocenters. The number of hydrogen-bond donors (Lipinski definition) is 0. The molecule has 1 aromatic heterocycles. The van der Waals surface area contributed by atoms with E-state index in [0.717, 1.165) is 5.56 Å². The van der Waals surface area contributed by atoms with Crippen LogP contribution in [0.2, 0.25) is 0 Å². The van der Waals surface area contributed by atoms with Gasteiger partial charge < -0.3 is 4.90 Å². The van der Waals surface area contributed by atoms with Gasteiger partial charge in [-0.05, 0) is 62.1 Å². The number of halogens is 1. The Kier molecular flexibility index (Phi) is 7.79. The smallest absolute Gasteiger partial charge is 0.260 e. The number of carbonyl (C=O) groups is 1. The minimum atomic E-state index is -3.74. The van der Waals surface area contributed by atoms with Gasteiger partial charge in [-0.3, -0.25) is 9.69 Å². The molecule has 0 spiro atoms. The van der Waals surface area contributed by atoms with Crippen molar-refractivity contribution in [1.29, 1.82) is 0 Å². The van der Waals surface area contributed by atoms with Gasteiger partial charge in [0, 0.05) is 32.2 Å². The van der Waals surface area contributed by atoms with E-state index in [2.05, 4.69) is 4.98 Å². The number of amides is 1. The van der Waals surface area contributed by atoms with Gasteiger partial charge in [0.05, 0.1) is 15.1 Å². The molecule has 1 heterocycles. The number of fused-ring (bicyclic) bond motifs is 1. The Balaban J connectivity index is 1.58. The van der Waals surface area contributed by atoms with Crippen LogP contribution < -0.4 is 4.90 Å². The molecule has 0 saturated carbocycles. The van der Waals surface area contributed by atoms with Gasteiger partial charge in [-0.15, -0.1) is 0 Å². The van der Waals surface area contributed by atoms with E-state index in [1.807, 2.05) is 49.3 Å². The van der Waals surface area contributed by atoms with Crippen molar-refractivity contribution in [2.45, 2.75) is 11.4 Å². The van der Waals surface area contributed by atoms with E-state index in [1.165, 1.54) is 59.1 Å². The van der Waals surface area contributed by atoms with Gasteiger partial charge in [-0.2, -0.15) is 4.31 Å². The highest BCUT2D eigenvalue weighted by atomic mass is 32.2. The summed E-state index contributed by atoms with van der Waals surface area (Å²) in [4.78, 5) is 21.6. The third-order valence-electron chi connectivity index (χ3n) is 5.64. The number of hydrogen-bond acceptors (Lipinski definition) is 6. The summed E-state index contributed by atoms with van der Waals surface area (Å²) in [5, 5.41) is 0.460. The molecule has 188 valence electrons. The Bertz CT molecular complexity index is 1460. The largest absolute Gasteiger partial charge is 0.308 e. The second kappa shape index (κ2) is 10.8. The molecule has 0 aliphatic heterocycles. The molecule has 7 nitrogen and oxygen atoms in total. The van der Waals surface area contributed by atoms with Gasteiger partial charge in [-0.1, -0.05) is 41.7 Å². The Morgan fingerprint density at radius 3 is 2.31 bits per heavy atom. The fourth-order valence-corrected chi connectivity index (χ4v) is 5.79. The van der Waals surface area contributed by atoms with Gasteiger partial charge >= 0.3 is 0 Å². The Hall–Kier alpha value is -3.18. The van der Waals surface area contributed by atoms with Crippen LogP contribution in [-0.2, 0) is 16.6 Å². The molecule has 36 heavy (non-hydrogen) atoms. The molecular formula is C26H27FN4O3S2. The van der Waals surface area contributed by atoms with Crippen LogP contribution in [0.3, 0.4) is 0 Å². The summed E-state index contributed by atoms with van der Waals surface area (Å²) < 4.78 is 41.7. The van der Waals surface area contributed by atoms with Crippen molar-refractivity contribution in [3.8, 4) is 0 Å². The predicted molar refractivity (Wildman–Crippen MR) is 141 cm³/mol. The maximum atomic E-state index is 13.7. The summed E-state index contributed by atoms with van der Waals surface area (Å²) in [5.74, 6) is -0.670. The monoisotopic (exact) mass is 526 g/mol. The molecule has 3 aromatic carbocycles. The lowest BCUT2D eigenvalue weighted by Gasteiger charge is -2.22. The molecular weight excluding hydrogens is 499 g/mol. The third kappa shape index (κ3) is 5.79. The zero-order valence-corrected chi connectivity index (χ0v) is 21.9. The van der Waals surface area contributed by atoms with E-state index in [9.17, 15) is 17.6 Å². The van der Waals surface area contributed by atoms with Crippen molar-refractivity contribution in [2.75, 3.05) is 39.1 Å². The van der Waals surface area contributed by atoms with Crippen LogP contribution in [0, 0.1) is 5.82 Å². The Morgan fingerprint density at radius 1 is 0.944 bits per heavy atom. The molecule has 0 aliphatic carbocycles. The zero-order chi connectivity index (χ0) is 25.9. The van der Waals surface area contributed by atoms with E-state index in [4.69, 9.17) is 0 Å². The summed E-state index contributed by atoms with van der Waals surface area (Å²) in [7, 11) is 1.60. The van der Waals surface area contributed by atoms with Crippen LogP contribution in [0.5, 0.6) is 0 Å². The van der Waals surface area contributed by atoms with E-state index in [1.54, 1.807) is 11.0 Å². The molecule has 0 aliphatic rings. The van der Waals surface area contributed by atoms with Crippen molar-refractivity contribution in [2.24, 2.45) is 0 Å². The fraction of sp³-hybridized carbons (Fsp3) is 0.231. The minimum absolute atomic E-state index is 0.104. The lowest BCUT2D eigenvalue weighted by atomic mass is 10.2. The normalized spacial score (nSPS) is 11.9. The second-order valence-electron chi connectivity index (χ2n) is 8.64. The number of thiazole rings is 1. The zero-order valence-electron chi connectivity index (χ0n) is 20.3. The fourth-order valence-electron chi connectivity index (χ4n) is 3.62. The first-order chi connectivity index (χ1) is 17.1. The summed E-state index contributed by atoms with van der Waals surface area (Å²) in [5.41, 5.74) is 1.83. The van der Waals surface area contributed by atoms with Gasteiger partial charge in [0.25, 0.3) is 5.91 Å². The number of benzene rings is 3. The van der Waals surface area contributed by atoms with Crippen LogP contribution in [0.25, 0.3) is 10.2 Å². The number of sulfonamides is 1. The summed E-state index contributed by atoms with van der Waals surface area (Å²) in [6, 6.07) is 19.6. The molecule has 0 fully saturated rings. The van der Waals surface area contributed by atoms with Crippen LogP contribution in [-0.4, -0.2) is 62.7 Å². The van der Waals surface area contributed by atoms with Crippen molar-refractivity contribution < 1.29 is 17.6 Å². The van der Waals surface area contributed by atoms with Crippen LogP contribution in [0.15, 0.2) is 77.7 Å². The lowest BCUT2D eigenvalue weighted by molar-refractivity contribution is 0.0985. The molecule has 4 rings (SSSR count). The molecule has 10 heteroatoms. The van der Waals surface area contributed by atoms with E-state index in [0.29, 0.717) is 34.0 Å². The van der Waals surface area contributed by atoms with Gasteiger partial charge in [-0.25, -0.2) is 17.8 Å². The van der Waals surface area contributed by atoms with Crippen LogP contribution >= 0.6 is 11.3 Å². The first kappa shape index (κ1) is 25.9. The van der Waals surface area contributed by atoms with Gasteiger partial charge in [0.2, 0.25) is 10.0 Å². The summed E-state index contributed by atoms with van der Waals surface area (Å²) in [6.45, 7) is 1.20. The van der Waals surface area contributed by atoms with E-state index in [-0.39, 0.29) is 23.2 Å². The molecule has 0 radical (unpaired) electrons.